The highest BCUT2D eigenvalue weighted by atomic mass is 35.5. The number of pyridine rings is 1. The highest BCUT2D eigenvalue weighted by molar-refractivity contribution is 6.30. The molecule has 0 saturated carbocycles. The van der Waals surface area contributed by atoms with Crippen LogP contribution in [0.4, 0.5) is 11.5 Å². The second-order valence-electron chi connectivity index (χ2n) is 6.21. The number of hydrogen-bond donors (Lipinski definition) is 1. The Hall–Kier alpha value is -2.11. The van der Waals surface area contributed by atoms with E-state index in [9.17, 15) is 4.79 Å². The first-order valence-corrected chi connectivity index (χ1v) is 8.76. The lowest BCUT2D eigenvalue weighted by Gasteiger charge is -2.28. The van der Waals surface area contributed by atoms with Crippen molar-refractivity contribution < 1.29 is 9.53 Å². The van der Waals surface area contributed by atoms with Crippen molar-refractivity contribution in [3.8, 4) is 0 Å². The minimum Gasteiger partial charge on any atom is -0.378 e. The molecule has 0 atom stereocenters. The van der Waals surface area contributed by atoms with Gasteiger partial charge in [-0.25, -0.2) is 4.98 Å². The molecule has 1 fully saturated rings. The zero-order chi connectivity index (χ0) is 17.8. The van der Waals surface area contributed by atoms with Crippen molar-refractivity contribution >= 4 is 29.0 Å². The molecule has 0 bridgehead atoms. The van der Waals surface area contributed by atoms with Gasteiger partial charge in [0.2, 0.25) is 5.91 Å². The fourth-order valence-corrected chi connectivity index (χ4v) is 3.05. The molecule has 1 saturated heterocycles. The third-order valence-corrected chi connectivity index (χ3v) is 4.51. The number of nitrogens with one attached hydrogen (secondary N) is 1. The number of amides is 1. The fraction of sp³-hybridized carbons (Fsp3) is 0.368. The van der Waals surface area contributed by atoms with Crippen LogP contribution in [0.2, 0.25) is 5.02 Å². The summed E-state index contributed by atoms with van der Waals surface area (Å²) in [5, 5.41) is 3.66. The van der Waals surface area contributed by atoms with E-state index < -0.39 is 0 Å². The highest BCUT2D eigenvalue weighted by Crippen LogP contribution is 2.24. The van der Waals surface area contributed by atoms with Crippen molar-refractivity contribution in [2.75, 3.05) is 36.5 Å². The molecular formula is C19H22ClN3O2. The van der Waals surface area contributed by atoms with Crippen LogP contribution in [0, 0.1) is 13.8 Å². The number of hydrogen-bond acceptors (Lipinski definition) is 4. The van der Waals surface area contributed by atoms with Gasteiger partial charge >= 0.3 is 0 Å². The average molecular weight is 360 g/mol. The summed E-state index contributed by atoms with van der Waals surface area (Å²) in [6.07, 6.45) is 0.307. The van der Waals surface area contributed by atoms with Crippen LogP contribution in [0.5, 0.6) is 0 Å². The molecule has 1 amide bonds. The van der Waals surface area contributed by atoms with Crippen molar-refractivity contribution in [1.82, 2.24) is 4.98 Å². The molecule has 2 aromatic rings. The number of rotatable bonds is 4. The van der Waals surface area contributed by atoms with E-state index in [0.29, 0.717) is 11.4 Å². The summed E-state index contributed by atoms with van der Waals surface area (Å²) in [6, 6.07) is 9.33. The summed E-state index contributed by atoms with van der Waals surface area (Å²) in [7, 11) is 0. The topological polar surface area (TPSA) is 54.5 Å². The molecule has 0 aliphatic carbocycles. The van der Waals surface area contributed by atoms with Crippen molar-refractivity contribution in [3.05, 3.63) is 52.2 Å². The van der Waals surface area contributed by atoms with Crippen molar-refractivity contribution in [2.24, 2.45) is 0 Å². The van der Waals surface area contributed by atoms with Crippen LogP contribution in [0.25, 0.3) is 0 Å². The van der Waals surface area contributed by atoms with Gasteiger partial charge in [0.25, 0.3) is 0 Å². The second-order valence-corrected chi connectivity index (χ2v) is 6.65. The lowest BCUT2D eigenvalue weighted by atomic mass is 10.1. The van der Waals surface area contributed by atoms with Gasteiger partial charge in [-0.1, -0.05) is 23.7 Å². The maximum atomic E-state index is 12.4. The van der Waals surface area contributed by atoms with E-state index >= 15 is 0 Å². The number of benzene rings is 1. The van der Waals surface area contributed by atoms with Crippen LogP contribution >= 0.6 is 11.6 Å². The number of carbonyl (C=O) groups excluding carboxylic acids is 1. The monoisotopic (exact) mass is 359 g/mol. The van der Waals surface area contributed by atoms with Gasteiger partial charge in [-0.3, -0.25) is 4.79 Å². The standard InChI is InChI=1S/C19H22ClN3O2/c1-13-11-17(23-7-9-25-10-8-23)21-14(2)19(13)22-18(24)12-15-3-5-16(20)6-4-15/h3-6,11H,7-10,12H2,1-2H3,(H,22,24). The Kier molecular flexibility index (Phi) is 5.56. The molecule has 6 heteroatoms. The van der Waals surface area contributed by atoms with E-state index in [1.807, 2.05) is 32.0 Å². The molecule has 0 radical (unpaired) electrons. The van der Waals surface area contributed by atoms with E-state index in [1.165, 1.54) is 0 Å². The Labute approximate surface area is 153 Å². The summed E-state index contributed by atoms with van der Waals surface area (Å²) in [5.74, 6) is 0.878. The molecule has 5 nitrogen and oxygen atoms in total. The molecule has 3 rings (SSSR count). The molecule has 2 heterocycles. The second kappa shape index (κ2) is 7.85. The smallest absolute Gasteiger partial charge is 0.228 e. The number of ether oxygens (including phenoxy) is 1. The molecule has 1 aliphatic heterocycles. The number of aryl methyl sites for hydroxylation is 2. The Bertz CT molecular complexity index is 733. The van der Waals surface area contributed by atoms with Crippen LogP contribution < -0.4 is 10.2 Å². The quantitative estimate of drug-likeness (QED) is 0.909. The number of anilines is 2. The molecule has 25 heavy (non-hydrogen) atoms. The average Bonchev–Trinajstić information content (AvgIpc) is 2.61. The van der Waals surface area contributed by atoms with Crippen LogP contribution in [0.15, 0.2) is 30.3 Å². The van der Waals surface area contributed by atoms with Crippen LogP contribution in [-0.4, -0.2) is 37.2 Å². The number of morpholine rings is 1. The third-order valence-electron chi connectivity index (χ3n) is 4.26. The number of halogens is 1. The maximum absolute atomic E-state index is 12.4. The first kappa shape index (κ1) is 17.7. The zero-order valence-electron chi connectivity index (χ0n) is 14.5. The third kappa shape index (κ3) is 4.50. The van der Waals surface area contributed by atoms with E-state index in [2.05, 4.69) is 15.2 Å². The van der Waals surface area contributed by atoms with Gasteiger partial charge in [0.15, 0.2) is 0 Å². The summed E-state index contributed by atoms with van der Waals surface area (Å²) < 4.78 is 5.39. The Balaban J connectivity index is 1.71. The van der Waals surface area contributed by atoms with Crippen LogP contribution in [-0.2, 0) is 16.0 Å². The predicted molar refractivity (Wildman–Crippen MR) is 101 cm³/mol. The summed E-state index contributed by atoms with van der Waals surface area (Å²) in [6.45, 7) is 7.05. The van der Waals surface area contributed by atoms with E-state index in [0.717, 1.165) is 54.6 Å². The van der Waals surface area contributed by atoms with Crippen molar-refractivity contribution in [1.29, 1.82) is 0 Å². The van der Waals surface area contributed by atoms with Crippen LogP contribution in [0.3, 0.4) is 0 Å². The molecule has 1 aromatic carbocycles. The van der Waals surface area contributed by atoms with Gasteiger partial charge in [-0.05, 0) is 43.2 Å². The number of nitrogens with zero attached hydrogens (tertiary/aromatic N) is 2. The maximum Gasteiger partial charge on any atom is 0.228 e. The van der Waals surface area contributed by atoms with E-state index in [-0.39, 0.29) is 5.91 Å². The minimum absolute atomic E-state index is 0.0607. The minimum atomic E-state index is -0.0607. The molecule has 132 valence electrons. The Morgan fingerprint density at radius 1 is 1.24 bits per heavy atom. The van der Waals surface area contributed by atoms with Gasteiger partial charge in [0, 0.05) is 18.1 Å². The van der Waals surface area contributed by atoms with Gasteiger partial charge in [0.1, 0.15) is 5.82 Å². The molecule has 0 unspecified atom stereocenters. The SMILES string of the molecule is Cc1cc(N2CCOCC2)nc(C)c1NC(=O)Cc1ccc(Cl)cc1. The van der Waals surface area contributed by atoms with Crippen molar-refractivity contribution in [3.63, 3.8) is 0 Å². The van der Waals surface area contributed by atoms with Gasteiger partial charge in [-0.15, -0.1) is 0 Å². The van der Waals surface area contributed by atoms with E-state index in [1.54, 1.807) is 12.1 Å². The first-order valence-electron chi connectivity index (χ1n) is 8.38. The van der Waals surface area contributed by atoms with Crippen molar-refractivity contribution in [2.45, 2.75) is 20.3 Å². The summed E-state index contributed by atoms with van der Waals surface area (Å²) >= 11 is 5.88. The zero-order valence-corrected chi connectivity index (χ0v) is 15.3. The largest absolute Gasteiger partial charge is 0.378 e. The molecule has 1 aliphatic rings. The van der Waals surface area contributed by atoms with Gasteiger partial charge in [-0.2, -0.15) is 0 Å². The van der Waals surface area contributed by atoms with Crippen LogP contribution in [0.1, 0.15) is 16.8 Å². The first-order chi connectivity index (χ1) is 12.0. The molecular weight excluding hydrogens is 338 g/mol. The van der Waals surface area contributed by atoms with Gasteiger partial charge in [0.05, 0.1) is 31.0 Å². The normalized spacial score (nSPS) is 14.4. The molecule has 1 N–H and O–H groups in total. The molecule has 0 spiro atoms. The Morgan fingerprint density at radius 2 is 1.92 bits per heavy atom. The van der Waals surface area contributed by atoms with Gasteiger partial charge < -0.3 is 15.0 Å². The number of carbonyl (C=O) groups is 1. The lowest BCUT2D eigenvalue weighted by molar-refractivity contribution is -0.115. The summed E-state index contributed by atoms with van der Waals surface area (Å²) in [5.41, 5.74) is 3.55. The number of aromatic nitrogens is 1. The fourth-order valence-electron chi connectivity index (χ4n) is 2.93. The highest BCUT2D eigenvalue weighted by Gasteiger charge is 2.16. The Morgan fingerprint density at radius 3 is 2.56 bits per heavy atom. The molecule has 1 aromatic heterocycles. The lowest BCUT2D eigenvalue weighted by Crippen LogP contribution is -2.37. The van der Waals surface area contributed by atoms with E-state index in [4.69, 9.17) is 16.3 Å². The predicted octanol–water partition coefficient (Wildman–Crippen LogP) is 3.37. The summed E-state index contributed by atoms with van der Waals surface area (Å²) in [4.78, 5) is 19.2.